The van der Waals surface area contributed by atoms with E-state index in [1.807, 2.05) is 0 Å². The van der Waals surface area contributed by atoms with Gasteiger partial charge in [-0.05, 0) is 12.1 Å². The number of ether oxygens (including phenoxy) is 1. The van der Waals surface area contributed by atoms with Crippen LogP contribution in [0.5, 0.6) is 5.75 Å². The number of nitrogens with one attached hydrogen (secondary N) is 1. The normalized spacial score (nSPS) is 11.6. The molecule has 1 aromatic heterocycles. The lowest BCUT2D eigenvalue weighted by Gasteiger charge is -2.13. The van der Waals surface area contributed by atoms with E-state index in [9.17, 15) is 13.5 Å². The molecule has 0 atom stereocenters. The molecule has 0 saturated carbocycles. The lowest BCUT2D eigenvalue weighted by molar-refractivity contribution is 0.272. The minimum absolute atomic E-state index is 0.0481. The number of hydrogen-bond donors (Lipinski definition) is 2. The molecule has 0 unspecified atom stereocenters. The van der Waals surface area contributed by atoms with Gasteiger partial charge in [0.05, 0.1) is 26.5 Å². The molecule has 21 heavy (non-hydrogen) atoms. The molecule has 0 radical (unpaired) electrons. The largest absolute Gasteiger partial charge is 0.495 e. The van der Waals surface area contributed by atoms with Gasteiger partial charge < -0.3 is 14.4 Å². The molecule has 114 valence electrons. The van der Waals surface area contributed by atoms with Gasteiger partial charge in [-0.2, -0.15) is 0 Å². The minimum atomic E-state index is -3.89. The molecule has 0 aliphatic heterocycles. The SMILES string of the molecule is COc1c(CO)cc(Cl)cc1S(=O)(=O)NCc1ccno1. The minimum Gasteiger partial charge on any atom is -0.495 e. The summed E-state index contributed by atoms with van der Waals surface area (Å²) >= 11 is 5.88. The summed E-state index contributed by atoms with van der Waals surface area (Å²) < 4.78 is 36.9. The second-order valence-corrected chi connectivity index (χ2v) is 6.23. The molecule has 1 aromatic carbocycles. The third-order valence-corrected chi connectivity index (χ3v) is 4.31. The maximum absolute atomic E-state index is 12.3. The highest BCUT2D eigenvalue weighted by molar-refractivity contribution is 7.89. The van der Waals surface area contributed by atoms with Gasteiger partial charge in [-0.25, -0.2) is 13.1 Å². The molecule has 0 aliphatic rings. The van der Waals surface area contributed by atoms with Gasteiger partial charge in [-0.3, -0.25) is 0 Å². The summed E-state index contributed by atoms with van der Waals surface area (Å²) in [6.07, 6.45) is 1.41. The number of aliphatic hydroxyl groups excluding tert-OH is 1. The first-order chi connectivity index (χ1) is 9.97. The zero-order valence-electron chi connectivity index (χ0n) is 11.0. The van der Waals surface area contributed by atoms with Crippen molar-refractivity contribution in [1.29, 1.82) is 0 Å². The predicted octanol–water partition coefficient (Wildman–Crippen LogP) is 1.31. The fraction of sp³-hybridized carbons (Fsp3) is 0.250. The molecule has 0 bridgehead atoms. The van der Waals surface area contributed by atoms with E-state index in [-0.39, 0.29) is 27.8 Å². The van der Waals surface area contributed by atoms with E-state index >= 15 is 0 Å². The highest BCUT2D eigenvalue weighted by atomic mass is 35.5. The van der Waals surface area contributed by atoms with E-state index in [1.165, 1.54) is 31.5 Å². The molecule has 0 fully saturated rings. The number of halogens is 1. The Morgan fingerprint density at radius 2 is 2.24 bits per heavy atom. The first-order valence-corrected chi connectivity index (χ1v) is 7.70. The van der Waals surface area contributed by atoms with Gasteiger partial charge in [0.25, 0.3) is 0 Å². The Labute approximate surface area is 126 Å². The standard InChI is InChI=1S/C12H13ClN2O5S/c1-19-12-8(7-16)4-9(13)5-11(12)21(17,18)15-6-10-2-3-14-20-10/h2-5,15-16H,6-7H2,1H3. The number of methoxy groups -OCH3 is 1. The number of aliphatic hydroxyl groups is 1. The van der Waals surface area contributed by atoms with Crippen LogP contribution in [0.25, 0.3) is 0 Å². The summed E-state index contributed by atoms with van der Waals surface area (Å²) in [6, 6.07) is 4.23. The van der Waals surface area contributed by atoms with Crippen molar-refractivity contribution in [2.45, 2.75) is 18.0 Å². The molecule has 2 rings (SSSR count). The smallest absolute Gasteiger partial charge is 0.244 e. The number of aromatic nitrogens is 1. The number of hydrogen-bond acceptors (Lipinski definition) is 6. The quantitative estimate of drug-likeness (QED) is 0.827. The van der Waals surface area contributed by atoms with Crippen LogP contribution in [0.2, 0.25) is 5.02 Å². The molecule has 2 N–H and O–H groups in total. The Morgan fingerprint density at radius 1 is 1.48 bits per heavy atom. The number of sulfonamides is 1. The summed E-state index contributed by atoms with van der Waals surface area (Å²) in [5, 5.41) is 12.9. The van der Waals surface area contributed by atoms with Crippen LogP contribution < -0.4 is 9.46 Å². The zero-order chi connectivity index (χ0) is 15.5. The zero-order valence-corrected chi connectivity index (χ0v) is 12.6. The topological polar surface area (TPSA) is 102 Å². The van der Waals surface area contributed by atoms with Gasteiger partial charge in [-0.1, -0.05) is 16.8 Å². The van der Waals surface area contributed by atoms with Crippen LogP contribution in [0, 0.1) is 0 Å². The van der Waals surface area contributed by atoms with Crippen molar-refractivity contribution in [3.8, 4) is 5.75 Å². The molecule has 7 nitrogen and oxygen atoms in total. The molecule has 0 saturated heterocycles. The Hall–Kier alpha value is -1.61. The van der Waals surface area contributed by atoms with Crippen LogP contribution >= 0.6 is 11.6 Å². The van der Waals surface area contributed by atoms with E-state index in [1.54, 1.807) is 0 Å². The number of benzene rings is 1. The maximum Gasteiger partial charge on any atom is 0.244 e. The Kier molecular flexibility index (Phi) is 4.84. The van der Waals surface area contributed by atoms with Crippen molar-refractivity contribution in [3.05, 3.63) is 40.7 Å². The molecule has 0 amide bonds. The molecule has 9 heteroatoms. The fourth-order valence-corrected chi connectivity index (χ4v) is 3.28. The summed E-state index contributed by atoms with van der Waals surface area (Å²) in [4.78, 5) is -0.152. The molecular weight excluding hydrogens is 320 g/mol. The first-order valence-electron chi connectivity index (χ1n) is 5.84. The molecule has 2 aromatic rings. The number of rotatable bonds is 6. The van der Waals surface area contributed by atoms with Crippen LogP contribution in [0.3, 0.4) is 0 Å². The lowest BCUT2D eigenvalue weighted by Crippen LogP contribution is -2.24. The van der Waals surface area contributed by atoms with Crippen LogP contribution in [0.15, 0.2) is 33.8 Å². The second kappa shape index (κ2) is 6.44. The van der Waals surface area contributed by atoms with Crippen LogP contribution in [-0.2, 0) is 23.2 Å². The lowest BCUT2D eigenvalue weighted by atomic mass is 10.2. The van der Waals surface area contributed by atoms with Gasteiger partial charge in [-0.15, -0.1) is 0 Å². The Balaban J connectivity index is 2.36. The van der Waals surface area contributed by atoms with E-state index in [4.69, 9.17) is 20.9 Å². The molecule has 0 aliphatic carbocycles. The van der Waals surface area contributed by atoms with Gasteiger partial charge in [0.2, 0.25) is 10.0 Å². The highest BCUT2D eigenvalue weighted by Crippen LogP contribution is 2.31. The van der Waals surface area contributed by atoms with Crippen molar-refractivity contribution in [1.82, 2.24) is 9.88 Å². The summed E-state index contributed by atoms with van der Waals surface area (Å²) in [5.41, 5.74) is 0.282. The third kappa shape index (κ3) is 3.53. The van der Waals surface area contributed by atoms with E-state index in [0.29, 0.717) is 5.76 Å². The Bertz CT molecular complexity index is 715. The molecule has 1 heterocycles. The van der Waals surface area contributed by atoms with Crippen LogP contribution in [0.1, 0.15) is 11.3 Å². The maximum atomic E-state index is 12.3. The Morgan fingerprint density at radius 3 is 2.81 bits per heavy atom. The van der Waals surface area contributed by atoms with Crippen molar-refractivity contribution in [2.75, 3.05) is 7.11 Å². The van der Waals surface area contributed by atoms with Crippen molar-refractivity contribution in [2.24, 2.45) is 0 Å². The van der Waals surface area contributed by atoms with Crippen LogP contribution in [-0.4, -0.2) is 25.8 Å². The van der Waals surface area contributed by atoms with Gasteiger partial charge in [0, 0.05) is 16.7 Å². The summed E-state index contributed by atoms with van der Waals surface area (Å²) in [6.45, 7) is -0.458. The monoisotopic (exact) mass is 332 g/mol. The van der Waals surface area contributed by atoms with Gasteiger partial charge >= 0.3 is 0 Å². The fourth-order valence-electron chi connectivity index (χ4n) is 1.75. The molecule has 0 spiro atoms. The van der Waals surface area contributed by atoms with E-state index in [2.05, 4.69) is 9.88 Å². The highest BCUT2D eigenvalue weighted by Gasteiger charge is 2.23. The van der Waals surface area contributed by atoms with Crippen molar-refractivity contribution < 1.29 is 22.8 Å². The van der Waals surface area contributed by atoms with Gasteiger partial charge in [0.15, 0.2) is 5.76 Å². The van der Waals surface area contributed by atoms with Crippen LogP contribution in [0.4, 0.5) is 0 Å². The third-order valence-electron chi connectivity index (χ3n) is 2.69. The van der Waals surface area contributed by atoms with Gasteiger partial charge in [0.1, 0.15) is 10.6 Å². The first kappa shape index (κ1) is 15.8. The summed E-state index contributed by atoms with van der Waals surface area (Å²) in [7, 11) is -2.58. The van der Waals surface area contributed by atoms with E-state index < -0.39 is 16.6 Å². The average Bonchev–Trinajstić information content (AvgIpc) is 2.97. The number of nitrogens with zero attached hydrogens (tertiary/aromatic N) is 1. The second-order valence-electron chi connectivity index (χ2n) is 4.06. The molecular formula is C12H13ClN2O5S. The van der Waals surface area contributed by atoms with Crippen molar-refractivity contribution in [3.63, 3.8) is 0 Å². The van der Waals surface area contributed by atoms with Crippen molar-refractivity contribution >= 4 is 21.6 Å². The van der Waals surface area contributed by atoms with E-state index in [0.717, 1.165) is 0 Å². The average molecular weight is 333 g/mol. The predicted molar refractivity (Wildman–Crippen MR) is 74.5 cm³/mol. The summed E-state index contributed by atoms with van der Waals surface area (Å²) in [5.74, 6) is 0.411.